The van der Waals surface area contributed by atoms with Crippen LogP contribution in [0.5, 0.6) is 11.5 Å². The van der Waals surface area contributed by atoms with Crippen LogP contribution in [0.25, 0.3) is 5.57 Å². The summed E-state index contributed by atoms with van der Waals surface area (Å²) in [6.45, 7) is 4.45. The van der Waals surface area contributed by atoms with E-state index in [0.717, 1.165) is 12.1 Å². The van der Waals surface area contributed by atoms with Crippen LogP contribution in [0.15, 0.2) is 78.5 Å². The van der Waals surface area contributed by atoms with E-state index in [4.69, 9.17) is 9.47 Å². The van der Waals surface area contributed by atoms with E-state index in [2.05, 4.69) is 12.2 Å². The van der Waals surface area contributed by atoms with Crippen molar-refractivity contribution in [3.8, 4) is 11.5 Å². The monoisotopic (exact) mass is 442 g/mol. The fourth-order valence-corrected chi connectivity index (χ4v) is 3.75. The number of imide groups is 1. The van der Waals surface area contributed by atoms with Crippen molar-refractivity contribution < 1.29 is 19.1 Å². The molecule has 0 saturated heterocycles. The lowest BCUT2D eigenvalue weighted by atomic mass is 10.0. The smallest absolute Gasteiger partial charge is 0.282 e. The van der Waals surface area contributed by atoms with E-state index < -0.39 is 11.8 Å². The molecule has 0 spiro atoms. The van der Waals surface area contributed by atoms with Gasteiger partial charge in [-0.2, -0.15) is 0 Å². The quantitative estimate of drug-likeness (QED) is 0.494. The number of methoxy groups -OCH3 is 1. The Kier molecular flexibility index (Phi) is 6.45. The molecule has 6 heteroatoms. The molecule has 1 heterocycles. The van der Waals surface area contributed by atoms with Crippen LogP contribution in [-0.2, 0) is 16.0 Å². The predicted molar refractivity (Wildman–Crippen MR) is 129 cm³/mol. The van der Waals surface area contributed by atoms with Crippen molar-refractivity contribution in [2.45, 2.75) is 20.3 Å². The highest BCUT2D eigenvalue weighted by Crippen LogP contribution is 2.35. The molecule has 168 valence electrons. The van der Waals surface area contributed by atoms with Crippen molar-refractivity contribution >= 4 is 28.8 Å². The van der Waals surface area contributed by atoms with Gasteiger partial charge in [0.1, 0.15) is 17.2 Å². The number of hydrogen-bond acceptors (Lipinski definition) is 5. The average Bonchev–Trinajstić information content (AvgIpc) is 3.09. The number of nitrogens with zero attached hydrogens (tertiary/aromatic N) is 1. The van der Waals surface area contributed by atoms with E-state index in [1.165, 1.54) is 10.5 Å². The standard InChI is InChI=1S/C27H26N2O4/c1-4-18-9-13-20(14-10-18)28-25-24(19-11-15-22(32-3)16-12-19)26(30)29(27(25)31)21-7-6-8-23(17-21)33-5-2/h6-17,28H,4-5H2,1-3H3. The summed E-state index contributed by atoms with van der Waals surface area (Å²) in [6, 6.07) is 21.9. The third-order valence-electron chi connectivity index (χ3n) is 5.48. The normalized spacial score (nSPS) is 13.5. The largest absolute Gasteiger partial charge is 0.497 e. The zero-order valence-electron chi connectivity index (χ0n) is 18.9. The van der Waals surface area contributed by atoms with Gasteiger partial charge in [-0.1, -0.05) is 37.3 Å². The number of anilines is 2. The van der Waals surface area contributed by atoms with Crippen LogP contribution in [0.3, 0.4) is 0 Å². The molecule has 1 aliphatic rings. The Morgan fingerprint density at radius 2 is 1.58 bits per heavy atom. The number of rotatable bonds is 8. The zero-order valence-corrected chi connectivity index (χ0v) is 18.9. The van der Waals surface area contributed by atoms with E-state index >= 15 is 0 Å². The second kappa shape index (κ2) is 9.61. The average molecular weight is 443 g/mol. The molecule has 0 bridgehead atoms. The highest BCUT2D eigenvalue weighted by atomic mass is 16.5. The minimum absolute atomic E-state index is 0.233. The predicted octanol–water partition coefficient (Wildman–Crippen LogP) is 5.05. The second-order valence-corrected chi connectivity index (χ2v) is 7.53. The summed E-state index contributed by atoms with van der Waals surface area (Å²) < 4.78 is 10.8. The molecule has 0 aromatic heterocycles. The first-order valence-electron chi connectivity index (χ1n) is 10.9. The topological polar surface area (TPSA) is 67.9 Å². The SMILES string of the molecule is CCOc1cccc(N2C(=O)C(Nc3ccc(CC)cc3)=C(c3ccc(OC)cc3)C2=O)c1. The van der Waals surface area contributed by atoms with Crippen LogP contribution in [-0.4, -0.2) is 25.5 Å². The lowest BCUT2D eigenvalue weighted by Crippen LogP contribution is -2.32. The molecule has 6 nitrogen and oxygen atoms in total. The Balaban J connectivity index is 1.77. The van der Waals surface area contributed by atoms with Gasteiger partial charge < -0.3 is 14.8 Å². The molecule has 0 saturated carbocycles. The molecule has 1 aliphatic heterocycles. The van der Waals surface area contributed by atoms with Gasteiger partial charge in [-0.15, -0.1) is 0 Å². The minimum Gasteiger partial charge on any atom is -0.497 e. The first kappa shape index (κ1) is 22.1. The van der Waals surface area contributed by atoms with E-state index in [-0.39, 0.29) is 5.70 Å². The molecule has 0 fully saturated rings. The van der Waals surface area contributed by atoms with Crippen LogP contribution in [0.1, 0.15) is 25.0 Å². The van der Waals surface area contributed by atoms with Gasteiger partial charge in [0.2, 0.25) is 0 Å². The van der Waals surface area contributed by atoms with Gasteiger partial charge in [-0.3, -0.25) is 9.59 Å². The number of aryl methyl sites for hydroxylation is 1. The fourth-order valence-electron chi connectivity index (χ4n) is 3.75. The van der Waals surface area contributed by atoms with E-state index in [9.17, 15) is 9.59 Å². The van der Waals surface area contributed by atoms with Gasteiger partial charge in [0.05, 0.1) is 25.0 Å². The molecule has 3 aromatic carbocycles. The van der Waals surface area contributed by atoms with Gasteiger partial charge in [0.25, 0.3) is 11.8 Å². The maximum atomic E-state index is 13.6. The van der Waals surface area contributed by atoms with Crippen molar-refractivity contribution in [3.63, 3.8) is 0 Å². The lowest BCUT2D eigenvalue weighted by Gasteiger charge is -2.16. The van der Waals surface area contributed by atoms with Gasteiger partial charge in [-0.25, -0.2) is 4.90 Å². The molecule has 0 atom stereocenters. The summed E-state index contributed by atoms with van der Waals surface area (Å²) in [4.78, 5) is 28.3. The van der Waals surface area contributed by atoms with Crippen molar-refractivity contribution in [1.82, 2.24) is 0 Å². The summed E-state index contributed by atoms with van der Waals surface area (Å²) >= 11 is 0. The number of hydrogen-bond donors (Lipinski definition) is 1. The zero-order chi connectivity index (χ0) is 23.4. The molecular formula is C27H26N2O4. The number of nitrogens with one attached hydrogen (secondary N) is 1. The Labute approximate surface area is 193 Å². The summed E-state index contributed by atoms with van der Waals surface area (Å²) in [5, 5.41) is 3.19. The van der Waals surface area contributed by atoms with Gasteiger partial charge in [0, 0.05) is 11.8 Å². The number of amides is 2. The minimum atomic E-state index is -0.418. The Bertz CT molecular complexity index is 1200. The number of carbonyl (C=O) groups excluding carboxylic acids is 2. The Morgan fingerprint density at radius 1 is 0.848 bits per heavy atom. The molecule has 1 N–H and O–H groups in total. The van der Waals surface area contributed by atoms with Crippen LogP contribution < -0.4 is 19.7 Å². The number of carbonyl (C=O) groups is 2. The van der Waals surface area contributed by atoms with Gasteiger partial charge in [0.15, 0.2) is 0 Å². The van der Waals surface area contributed by atoms with Crippen molar-refractivity contribution in [2.24, 2.45) is 0 Å². The lowest BCUT2D eigenvalue weighted by molar-refractivity contribution is -0.120. The molecule has 0 radical (unpaired) electrons. The van der Waals surface area contributed by atoms with Crippen molar-refractivity contribution in [3.05, 3.63) is 89.6 Å². The maximum Gasteiger partial charge on any atom is 0.282 e. The summed E-state index contributed by atoms with van der Waals surface area (Å²) in [6.07, 6.45) is 0.918. The molecule has 2 amide bonds. The molecule has 4 rings (SSSR count). The highest BCUT2D eigenvalue weighted by Gasteiger charge is 2.40. The number of benzene rings is 3. The van der Waals surface area contributed by atoms with Crippen LogP contribution in [0.2, 0.25) is 0 Å². The van der Waals surface area contributed by atoms with E-state index in [0.29, 0.717) is 34.9 Å². The van der Waals surface area contributed by atoms with Crippen molar-refractivity contribution in [2.75, 3.05) is 23.9 Å². The number of ether oxygens (including phenoxy) is 2. The Morgan fingerprint density at radius 3 is 2.21 bits per heavy atom. The highest BCUT2D eigenvalue weighted by molar-refractivity contribution is 6.46. The molecule has 3 aromatic rings. The third-order valence-corrected chi connectivity index (χ3v) is 5.48. The van der Waals surface area contributed by atoms with Crippen LogP contribution in [0.4, 0.5) is 11.4 Å². The first-order valence-corrected chi connectivity index (χ1v) is 10.9. The van der Waals surface area contributed by atoms with E-state index in [1.807, 2.05) is 31.2 Å². The van der Waals surface area contributed by atoms with Crippen LogP contribution in [0, 0.1) is 0 Å². The third kappa shape index (κ3) is 4.46. The second-order valence-electron chi connectivity index (χ2n) is 7.53. The maximum absolute atomic E-state index is 13.6. The molecular weight excluding hydrogens is 416 g/mol. The molecule has 0 aliphatic carbocycles. The summed E-state index contributed by atoms with van der Waals surface area (Å²) in [5.41, 5.74) is 3.55. The Hall–Kier alpha value is -4.06. The molecule has 0 unspecified atom stereocenters. The van der Waals surface area contributed by atoms with Gasteiger partial charge >= 0.3 is 0 Å². The summed E-state index contributed by atoms with van der Waals surface area (Å²) in [5.74, 6) is 0.450. The van der Waals surface area contributed by atoms with Crippen LogP contribution >= 0.6 is 0 Å². The van der Waals surface area contributed by atoms with E-state index in [1.54, 1.807) is 55.6 Å². The van der Waals surface area contributed by atoms with Gasteiger partial charge in [-0.05, 0) is 60.9 Å². The summed E-state index contributed by atoms with van der Waals surface area (Å²) in [7, 11) is 1.58. The first-order chi connectivity index (χ1) is 16.0. The van der Waals surface area contributed by atoms with Crippen molar-refractivity contribution in [1.29, 1.82) is 0 Å². The fraction of sp³-hybridized carbons (Fsp3) is 0.185. The molecule has 33 heavy (non-hydrogen) atoms.